The summed E-state index contributed by atoms with van der Waals surface area (Å²) in [7, 11) is 1.85. The monoisotopic (exact) mass is 437 g/mol. The zero-order valence-electron chi connectivity index (χ0n) is 19.1. The van der Waals surface area contributed by atoms with Crippen LogP contribution in [0.2, 0.25) is 0 Å². The van der Waals surface area contributed by atoms with E-state index in [1.54, 1.807) is 6.92 Å². The summed E-state index contributed by atoms with van der Waals surface area (Å²) in [6.07, 6.45) is 2.50. The van der Waals surface area contributed by atoms with Crippen LogP contribution in [-0.2, 0) is 29.1 Å². The highest BCUT2D eigenvalue weighted by Crippen LogP contribution is 2.33. The summed E-state index contributed by atoms with van der Waals surface area (Å²) in [5.41, 5.74) is 3.63. The molecule has 1 aromatic carbocycles. The molecule has 0 unspecified atom stereocenters. The van der Waals surface area contributed by atoms with Gasteiger partial charge in [0.1, 0.15) is 5.82 Å². The van der Waals surface area contributed by atoms with Crippen LogP contribution < -0.4 is 5.32 Å². The molecular weight excluding hydrogens is 406 g/mol. The Morgan fingerprint density at radius 3 is 2.66 bits per heavy atom. The minimum Gasteiger partial charge on any atom is -0.377 e. The van der Waals surface area contributed by atoms with Crippen molar-refractivity contribution in [1.29, 1.82) is 0 Å². The third-order valence-corrected chi connectivity index (χ3v) is 6.24. The summed E-state index contributed by atoms with van der Waals surface area (Å²) in [6, 6.07) is 7.50. The third-order valence-electron chi connectivity index (χ3n) is 6.24. The second-order valence-electron chi connectivity index (χ2n) is 8.29. The first-order chi connectivity index (χ1) is 15.5. The highest BCUT2D eigenvalue weighted by atomic mass is 16.5. The van der Waals surface area contributed by atoms with Gasteiger partial charge in [-0.15, -0.1) is 0 Å². The fraction of sp³-hybridized carbons (Fsp3) is 0.500. The molecule has 0 bridgehead atoms. The van der Waals surface area contributed by atoms with Crippen LogP contribution in [0.3, 0.4) is 0 Å². The molecule has 2 aliphatic rings. The van der Waals surface area contributed by atoms with Gasteiger partial charge >= 0.3 is 0 Å². The van der Waals surface area contributed by atoms with Gasteiger partial charge in [0.15, 0.2) is 5.82 Å². The second kappa shape index (κ2) is 9.65. The van der Waals surface area contributed by atoms with Crippen molar-refractivity contribution < 1.29 is 14.3 Å². The number of ether oxygens (including phenoxy) is 1. The number of nitrogens with one attached hydrogen (secondary N) is 1. The number of hydrogen-bond acceptors (Lipinski definition) is 6. The summed E-state index contributed by atoms with van der Waals surface area (Å²) >= 11 is 0. The normalized spacial score (nSPS) is 17.9. The van der Waals surface area contributed by atoms with Crippen LogP contribution >= 0.6 is 0 Å². The van der Waals surface area contributed by atoms with Gasteiger partial charge in [0.05, 0.1) is 24.9 Å². The number of benzene rings is 1. The number of fused-ring (bicyclic) bond motifs is 1. The van der Waals surface area contributed by atoms with Gasteiger partial charge in [0.25, 0.3) is 5.91 Å². The van der Waals surface area contributed by atoms with E-state index in [2.05, 4.69) is 5.32 Å². The molecule has 170 valence electrons. The molecular formula is C24H31N5O3. The number of anilines is 1. The molecule has 2 amide bonds. The van der Waals surface area contributed by atoms with Crippen molar-refractivity contribution in [3.8, 4) is 0 Å². The van der Waals surface area contributed by atoms with Gasteiger partial charge in [-0.3, -0.25) is 9.59 Å². The molecule has 8 heteroatoms. The number of carbonyl (C=O) groups is 2. The molecule has 8 nitrogen and oxygen atoms in total. The summed E-state index contributed by atoms with van der Waals surface area (Å²) in [6.45, 7) is 6.56. The number of aromatic nitrogens is 2. The maximum atomic E-state index is 13.2. The van der Waals surface area contributed by atoms with Crippen molar-refractivity contribution in [2.24, 2.45) is 0 Å². The van der Waals surface area contributed by atoms with E-state index in [1.807, 2.05) is 48.0 Å². The van der Waals surface area contributed by atoms with Gasteiger partial charge in [0.2, 0.25) is 5.91 Å². The maximum absolute atomic E-state index is 13.2. The molecule has 1 aromatic heterocycles. The number of amides is 2. The van der Waals surface area contributed by atoms with E-state index in [0.29, 0.717) is 44.1 Å². The van der Waals surface area contributed by atoms with Crippen LogP contribution in [0.4, 0.5) is 5.82 Å². The first-order valence-corrected chi connectivity index (χ1v) is 11.3. The number of hydrogen-bond donors (Lipinski definition) is 1. The lowest BCUT2D eigenvalue weighted by Gasteiger charge is -2.30. The summed E-state index contributed by atoms with van der Waals surface area (Å²) in [5.74, 6) is 1.50. The van der Waals surface area contributed by atoms with E-state index in [0.717, 1.165) is 42.0 Å². The largest absolute Gasteiger partial charge is 0.377 e. The first-order valence-electron chi connectivity index (χ1n) is 11.3. The van der Waals surface area contributed by atoms with Crippen molar-refractivity contribution in [2.45, 2.75) is 52.3 Å². The van der Waals surface area contributed by atoms with E-state index in [4.69, 9.17) is 14.7 Å². The number of nitrogens with zero attached hydrogens (tertiary/aromatic N) is 4. The van der Waals surface area contributed by atoms with Crippen molar-refractivity contribution in [3.63, 3.8) is 0 Å². The Morgan fingerprint density at radius 2 is 1.97 bits per heavy atom. The van der Waals surface area contributed by atoms with Gasteiger partial charge in [0, 0.05) is 44.8 Å². The number of rotatable bonds is 6. The van der Waals surface area contributed by atoms with Crippen LogP contribution in [0.15, 0.2) is 24.3 Å². The Labute approximate surface area is 189 Å². The first kappa shape index (κ1) is 22.2. The molecule has 1 N–H and O–H groups in total. The predicted octanol–water partition coefficient (Wildman–Crippen LogP) is 2.94. The Kier molecular flexibility index (Phi) is 6.69. The fourth-order valence-corrected chi connectivity index (χ4v) is 4.54. The molecule has 0 saturated carbocycles. The van der Waals surface area contributed by atoms with Crippen molar-refractivity contribution in [3.05, 3.63) is 52.5 Å². The summed E-state index contributed by atoms with van der Waals surface area (Å²) in [4.78, 5) is 38.5. The Balaban J connectivity index is 1.55. The van der Waals surface area contributed by atoms with Gasteiger partial charge in [-0.2, -0.15) is 0 Å². The average Bonchev–Trinajstić information content (AvgIpc) is 3.32. The van der Waals surface area contributed by atoms with E-state index in [1.165, 1.54) is 0 Å². The molecule has 1 atom stereocenters. The molecule has 0 radical (unpaired) electrons. The topological polar surface area (TPSA) is 87.7 Å². The Hall–Kier alpha value is -3.00. The van der Waals surface area contributed by atoms with Crippen LogP contribution in [0.5, 0.6) is 0 Å². The molecule has 32 heavy (non-hydrogen) atoms. The lowest BCUT2D eigenvalue weighted by Crippen LogP contribution is -2.37. The van der Waals surface area contributed by atoms with Crippen LogP contribution in [0.1, 0.15) is 65.7 Å². The molecule has 1 fully saturated rings. The smallest absolute Gasteiger partial charge is 0.254 e. The Morgan fingerprint density at radius 1 is 1.19 bits per heavy atom. The van der Waals surface area contributed by atoms with Gasteiger partial charge in [-0.1, -0.05) is 12.1 Å². The quantitative estimate of drug-likeness (QED) is 0.748. The molecule has 3 heterocycles. The Bertz CT molecular complexity index is 992. The lowest BCUT2D eigenvalue weighted by atomic mass is 10.0. The molecule has 0 spiro atoms. The number of carbonyl (C=O) groups excluding carboxylic acids is 2. The molecule has 4 rings (SSSR count). The average molecular weight is 438 g/mol. The lowest BCUT2D eigenvalue weighted by molar-refractivity contribution is -0.129. The van der Waals surface area contributed by atoms with Crippen LogP contribution in [0.25, 0.3) is 0 Å². The van der Waals surface area contributed by atoms with Crippen molar-refractivity contribution in [1.82, 2.24) is 19.8 Å². The maximum Gasteiger partial charge on any atom is 0.254 e. The summed E-state index contributed by atoms with van der Waals surface area (Å²) in [5, 5.41) is 3.19. The van der Waals surface area contributed by atoms with E-state index in [9.17, 15) is 9.59 Å². The third kappa shape index (κ3) is 4.46. The fourth-order valence-electron chi connectivity index (χ4n) is 4.54. The molecule has 0 aliphatic carbocycles. The zero-order valence-corrected chi connectivity index (χ0v) is 19.1. The molecule has 2 aromatic rings. The minimum absolute atomic E-state index is 0.00370. The van der Waals surface area contributed by atoms with Crippen molar-refractivity contribution >= 4 is 17.6 Å². The van der Waals surface area contributed by atoms with Gasteiger partial charge in [-0.25, -0.2) is 9.97 Å². The highest BCUT2D eigenvalue weighted by Gasteiger charge is 2.33. The standard InChI is InChI=1S/C24H31N5O3/c1-4-32-15-17-7-9-18(10-8-17)24(31)28-13-11-19-20(14-28)26-23(27-22(19)25-3)21-6-5-12-29(21)16(2)30/h7-10,21H,4-6,11-15H2,1-3H3,(H,25,26,27)/t21-/m0/s1. The van der Waals surface area contributed by atoms with Gasteiger partial charge in [-0.05, 0) is 43.9 Å². The molecule has 2 aliphatic heterocycles. The second-order valence-corrected chi connectivity index (χ2v) is 8.29. The predicted molar refractivity (Wildman–Crippen MR) is 121 cm³/mol. The SMILES string of the molecule is CCOCc1ccc(C(=O)N2CCc3c(nc([C@@H]4CCCN4C(C)=O)nc3NC)C2)cc1. The van der Waals surface area contributed by atoms with E-state index in [-0.39, 0.29) is 17.9 Å². The van der Waals surface area contributed by atoms with E-state index >= 15 is 0 Å². The van der Waals surface area contributed by atoms with Crippen LogP contribution in [-0.4, -0.2) is 58.3 Å². The van der Waals surface area contributed by atoms with Crippen molar-refractivity contribution in [2.75, 3.05) is 32.1 Å². The number of likely N-dealkylation sites (tertiary alicyclic amines) is 1. The molecule has 1 saturated heterocycles. The van der Waals surface area contributed by atoms with E-state index < -0.39 is 0 Å². The van der Waals surface area contributed by atoms with Gasteiger partial charge < -0.3 is 19.9 Å². The highest BCUT2D eigenvalue weighted by molar-refractivity contribution is 5.94. The minimum atomic E-state index is -0.103. The van der Waals surface area contributed by atoms with Crippen LogP contribution in [0, 0.1) is 0 Å². The zero-order chi connectivity index (χ0) is 22.7. The summed E-state index contributed by atoms with van der Waals surface area (Å²) < 4.78 is 5.43.